The molecule has 0 aliphatic rings. The summed E-state index contributed by atoms with van der Waals surface area (Å²) in [5, 5.41) is 8.04. The van der Waals surface area contributed by atoms with E-state index in [4.69, 9.17) is 10.6 Å². The van der Waals surface area contributed by atoms with Gasteiger partial charge in [0, 0.05) is 31.9 Å². The third-order valence-electron chi connectivity index (χ3n) is 3.01. The van der Waals surface area contributed by atoms with Gasteiger partial charge in [0.05, 0.1) is 18.8 Å². The third kappa shape index (κ3) is 3.27. The Hall–Kier alpha value is -1.99. The van der Waals surface area contributed by atoms with Crippen molar-refractivity contribution in [1.82, 2.24) is 25.2 Å². The third-order valence-corrected chi connectivity index (χ3v) is 3.01. The Kier molecular flexibility index (Phi) is 4.43. The largest absolute Gasteiger partial charge is 0.480 e. The molecule has 0 fully saturated rings. The molecule has 3 N–H and O–H groups in total. The van der Waals surface area contributed by atoms with Gasteiger partial charge in [-0.25, -0.2) is 4.98 Å². The summed E-state index contributed by atoms with van der Waals surface area (Å²) >= 11 is 0. The van der Waals surface area contributed by atoms with E-state index in [-0.39, 0.29) is 6.04 Å². The Morgan fingerprint density at radius 2 is 2.26 bits per heavy atom. The lowest BCUT2D eigenvalue weighted by Gasteiger charge is -2.14. The maximum atomic E-state index is 5.58. The van der Waals surface area contributed by atoms with E-state index in [0.29, 0.717) is 5.88 Å². The van der Waals surface area contributed by atoms with Gasteiger partial charge in [-0.15, -0.1) is 5.10 Å². The summed E-state index contributed by atoms with van der Waals surface area (Å²) in [7, 11) is 3.53. The fourth-order valence-corrected chi connectivity index (χ4v) is 1.85. The van der Waals surface area contributed by atoms with Crippen molar-refractivity contribution in [3.05, 3.63) is 36.0 Å². The van der Waals surface area contributed by atoms with Crippen molar-refractivity contribution in [2.75, 3.05) is 7.11 Å². The number of hydrogen-bond donors (Lipinski definition) is 2. The van der Waals surface area contributed by atoms with Gasteiger partial charge >= 0.3 is 0 Å². The van der Waals surface area contributed by atoms with Gasteiger partial charge in [0.2, 0.25) is 5.88 Å². The van der Waals surface area contributed by atoms with Crippen LogP contribution in [0.4, 0.5) is 0 Å². The predicted molar refractivity (Wildman–Crippen MR) is 70.2 cm³/mol. The number of rotatable bonds is 6. The molecule has 2 rings (SSSR count). The molecule has 0 bridgehead atoms. The number of imidazole rings is 1. The highest BCUT2D eigenvalue weighted by atomic mass is 16.5. The number of hydrazine groups is 1. The van der Waals surface area contributed by atoms with Crippen molar-refractivity contribution in [2.24, 2.45) is 12.9 Å². The van der Waals surface area contributed by atoms with Gasteiger partial charge in [-0.1, -0.05) is 0 Å². The monoisotopic (exact) mass is 262 g/mol. The second-order valence-corrected chi connectivity index (χ2v) is 4.21. The molecule has 0 radical (unpaired) electrons. The second kappa shape index (κ2) is 6.26. The molecule has 0 aliphatic carbocycles. The van der Waals surface area contributed by atoms with Crippen LogP contribution in [0.3, 0.4) is 0 Å². The van der Waals surface area contributed by atoms with Gasteiger partial charge < -0.3 is 9.30 Å². The summed E-state index contributed by atoms with van der Waals surface area (Å²) in [6.45, 7) is 0. The van der Waals surface area contributed by atoms with Gasteiger partial charge in [-0.3, -0.25) is 11.3 Å². The molecule has 2 aromatic rings. The zero-order chi connectivity index (χ0) is 13.7. The minimum atomic E-state index is -0.0601. The number of nitrogens with zero attached hydrogens (tertiary/aromatic N) is 4. The van der Waals surface area contributed by atoms with Gasteiger partial charge in [-0.05, 0) is 12.5 Å². The lowest BCUT2D eigenvalue weighted by Crippen LogP contribution is -2.29. The zero-order valence-corrected chi connectivity index (χ0v) is 11.1. The second-order valence-electron chi connectivity index (χ2n) is 4.21. The molecule has 102 valence electrons. The molecule has 2 aromatic heterocycles. The fraction of sp³-hybridized carbons (Fsp3) is 0.417. The van der Waals surface area contributed by atoms with E-state index in [2.05, 4.69) is 20.6 Å². The highest BCUT2D eigenvalue weighted by Gasteiger charge is 2.13. The van der Waals surface area contributed by atoms with Crippen molar-refractivity contribution in [2.45, 2.75) is 18.9 Å². The number of ether oxygens (including phenoxy) is 1. The van der Waals surface area contributed by atoms with Crippen molar-refractivity contribution in [1.29, 1.82) is 0 Å². The van der Waals surface area contributed by atoms with Crippen LogP contribution in [0.5, 0.6) is 5.88 Å². The van der Waals surface area contributed by atoms with Crippen LogP contribution in [0, 0.1) is 0 Å². The van der Waals surface area contributed by atoms with E-state index in [9.17, 15) is 0 Å². The minimum absolute atomic E-state index is 0.0601. The van der Waals surface area contributed by atoms with Gasteiger partial charge in [-0.2, -0.15) is 5.10 Å². The van der Waals surface area contributed by atoms with Crippen LogP contribution < -0.4 is 16.0 Å². The molecule has 1 unspecified atom stereocenters. The van der Waals surface area contributed by atoms with E-state index in [1.807, 2.05) is 23.9 Å². The summed E-state index contributed by atoms with van der Waals surface area (Å²) < 4.78 is 6.97. The summed E-state index contributed by atoms with van der Waals surface area (Å²) in [5.41, 5.74) is 3.55. The molecule has 19 heavy (non-hydrogen) atoms. The standard InChI is InChI=1S/C12H18N6O/c1-18-8-7-14-11(18)5-3-9(15-13)10-4-6-12(19-2)17-16-10/h4,6-9,15H,3,5,13H2,1-2H3. The van der Waals surface area contributed by atoms with E-state index < -0.39 is 0 Å². The lowest BCUT2D eigenvalue weighted by molar-refractivity contribution is 0.388. The summed E-state index contributed by atoms with van der Waals surface area (Å²) in [6, 6.07) is 3.57. The fourth-order valence-electron chi connectivity index (χ4n) is 1.85. The number of nitrogens with one attached hydrogen (secondary N) is 1. The number of methoxy groups -OCH3 is 1. The first-order valence-corrected chi connectivity index (χ1v) is 6.04. The van der Waals surface area contributed by atoms with Gasteiger partial charge in [0.25, 0.3) is 0 Å². The maximum absolute atomic E-state index is 5.58. The first-order chi connectivity index (χ1) is 9.24. The molecule has 0 amide bonds. The average molecular weight is 262 g/mol. The Bertz CT molecular complexity index is 509. The van der Waals surface area contributed by atoms with Crippen LogP contribution in [0.15, 0.2) is 24.5 Å². The Morgan fingerprint density at radius 3 is 2.79 bits per heavy atom. The number of hydrogen-bond acceptors (Lipinski definition) is 6. The quantitative estimate of drug-likeness (QED) is 0.577. The van der Waals surface area contributed by atoms with Crippen LogP contribution >= 0.6 is 0 Å². The van der Waals surface area contributed by atoms with Gasteiger partial charge in [0.15, 0.2) is 0 Å². The Labute approximate surface area is 111 Å². The first-order valence-electron chi connectivity index (χ1n) is 6.04. The van der Waals surface area contributed by atoms with Crippen molar-refractivity contribution >= 4 is 0 Å². The van der Waals surface area contributed by atoms with E-state index >= 15 is 0 Å². The Morgan fingerprint density at radius 1 is 1.42 bits per heavy atom. The molecular formula is C12H18N6O. The Balaban J connectivity index is 2.01. The summed E-state index contributed by atoms with van der Waals surface area (Å²) in [4.78, 5) is 4.28. The predicted octanol–water partition coefficient (Wildman–Crippen LogP) is 0.356. The molecule has 0 spiro atoms. The smallest absolute Gasteiger partial charge is 0.233 e. The van der Waals surface area contributed by atoms with Crippen molar-refractivity contribution in [3.63, 3.8) is 0 Å². The summed E-state index contributed by atoms with van der Waals surface area (Å²) in [6.07, 6.45) is 5.31. The number of aryl methyl sites for hydroxylation is 2. The lowest BCUT2D eigenvalue weighted by atomic mass is 10.1. The van der Waals surface area contributed by atoms with E-state index in [1.165, 1.54) is 0 Å². The zero-order valence-electron chi connectivity index (χ0n) is 11.1. The topological polar surface area (TPSA) is 90.9 Å². The minimum Gasteiger partial charge on any atom is -0.480 e. The molecule has 7 heteroatoms. The van der Waals surface area contributed by atoms with Crippen LogP contribution in [0.25, 0.3) is 0 Å². The molecule has 0 aromatic carbocycles. The molecule has 0 aliphatic heterocycles. The van der Waals surface area contributed by atoms with Crippen LogP contribution in [0.2, 0.25) is 0 Å². The summed E-state index contributed by atoms with van der Waals surface area (Å²) in [5.74, 6) is 7.08. The van der Waals surface area contributed by atoms with Gasteiger partial charge in [0.1, 0.15) is 5.82 Å². The van der Waals surface area contributed by atoms with E-state index in [1.54, 1.807) is 19.4 Å². The first kappa shape index (κ1) is 13.4. The molecule has 0 saturated carbocycles. The highest BCUT2D eigenvalue weighted by Crippen LogP contribution is 2.16. The molecule has 1 atom stereocenters. The molecule has 2 heterocycles. The van der Waals surface area contributed by atoms with Crippen LogP contribution in [0.1, 0.15) is 24.0 Å². The van der Waals surface area contributed by atoms with Crippen molar-refractivity contribution in [3.8, 4) is 5.88 Å². The van der Waals surface area contributed by atoms with Crippen LogP contribution in [-0.2, 0) is 13.5 Å². The SMILES string of the molecule is COc1ccc(C(CCc2nccn2C)NN)nn1. The normalized spacial score (nSPS) is 12.4. The highest BCUT2D eigenvalue weighted by molar-refractivity contribution is 5.14. The van der Waals surface area contributed by atoms with E-state index in [0.717, 1.165) is 24.4 Å². The van der Waals surface area contributed by atoms with Crippen molar-refractivity contribution < 1.29 is 4.74 Å². The molecule has 0 saturated heterocycles. The molecular weight excluding hydrogens is 244 g/mol. The number of aromatic nitrogens is 4. The number of nitrogens with two attached hydrogens (primary N) is 1. The maximum Gasteiger partial charge on any atom is 0.233 e. The average Bonchev–Trinajstić information content (AvgIpc) is 2.86. The van der Waals surface area contributed by atoms with Crippen LogP contribution in [-0.4, -0.2) is 26.9 Å². The molecule has 7 nitrogen and oxygen atoms in total.